The third kappa shape index (κ3) is 5.72. The minimum absolute atomic E-state index is 0.250. The first-order valence-corrected chi connectivity index (χ1v) is 7.69. The van der Waals surface area contributed by atoms with Crippen LogP contribution in [0.4, 0.5) is 0 Å². The van der Waals surface area contributed by atoms with E-state index in [2.05, 4.69) is 13.5 Å². The van der Waals surface area contributed by atoms with Crippen LogP contribution in [0, 0.1) is 5.92 Å². The summed E-state index contributed by atoms with van der Waals surface area (Å²) in [5.41, 5.74) is 10.8. The molecule has 0 saturated heterocycles. The summed E-state index contributed by atoms with van der Waals surface area (Å²) in [6, 6.07) is 0.987. The van der Waals surface area contributed by atoms with E-state index in [4.69, 9.17) is 20.3 Å². The van der Waals surface area contributed by atoms with Gasteiger partial charge < -0.3 is 20.3 Å². The minimum Gasteiger partial charge on any atom is -0.398 e. The largest absolute Gasteiger partial charge is 0.398 e. The molecule has 0 aromatic heterocycles. The molecule has 0 aliphatic rings. The van der Waals surface area contributed by atoms with Crippen molar-refractivity contribution in [3.63, 3.8) is 0 Å². The Morgan fingerprint density at radius 1 is 1.36 bits per heavy atom. The Balaban J connectivity index is 3.89. The third-order valence-corrected chi connectivity index (χ3v) is 5.52. The number of nitrogens with two attached hydrogens (primary N) is 2. The number of hydrogen-bond acceptors (Lipinski definition) is 4. The van der Waals surface area contributed by atoms with Crippen molar-refractivity contribution >= 4 is 8.56 Å². The predicted molar refractivity (Wildman–Crippen MR) is 61.0 cm³/mol. The maximum Gasteiger partial charge on any atom is 0.335 e. The summed E-state index contributed by atoms with van der Waals surface area (Å²) >= 11 is 0. The van der Waals surface area contributed by atoms with E-state index in [1.807, 2.05) is 0 Å². The van der Waals surface area contributed by atoms with Crippen LogP contribution in [-0.2, 0) is 8.85 Å². The zero-order valence-corrected chi connectivity index (χ0v) is 10.6. The summed E-state index contributed by atoms with van der Waals surface area (Å²) in [6.07, 6.45) is 2.20. The summed E-state index contributed by atoms with van der Waals surface area (Å²) in [4.78, 5) is 0. The molecule has 0 spiro atoms. The Morgan fingerprint density at radius 3 is 2.43 bits per heavy atom. The van der Waals surface area contributed by atoms with E-state index >= 15 is 0 Å². The second kappa shape index (κ2) is 7.36. The summed E-state index contributed by atoms with van der Waals surface area (Å²) in [5, 5.41) is 0. The topological polar surface area (TPSA) is 70.5 Å². The zero-order valence-electron chi connectivity index (χ0n) is 9.58. The molecule has 5 heteroatoms. The van der Waals surface area contributed by atoms with Gasteiger partial charge in [0, 0.05) is 7.11 Å². The van der Waals surface area contributed by atoms with Gasteiger partial charge >= 0.3 is 8.56 Å². The van der Waals surface area contributed by atoms with E-state index in [9.17, 15) is 0 Å². The molecule has 0 aromatic rings. The Morgan fingerprint density at radius 2 is 2.00 bits per heavy atom. The van der Waals surface area contributed by atoms with Gasteiger partial charge in [-0.3, -0.25) is 0 Å². The molecular formula is C9H24N2O2Si. The van der Waals surface area contributed by atoms with Crippen LogP contribution in [0.1, 0.15) is 19.8 Å². The molecule has 0 heterocycles. The standard InChI is InChI=1S/C9H24N2O2Si/c1-9(5-4-6-10)7-14(3,12-2)13-8-11/h9H,4-8,10-11H2,1-3H3. The number of hydrogen-bond donors (Lipinski definition) is 2. The molecule has 14 heavy (non-hydrogen) atoms. The molecule has 0 aliphatic heterocycles. The van der Waals surface area contributed by atoms with Crippen LogP contribution in [0.2, 0.25) is 12.6 Å². The Bertz CT molecular complexity index is 149. The van der Waals surface area contributed by atoms with Crippen LogP contribution in [0.5, 0.6) is 0 Å². The summed E-state index contributed by atoms with van der Waals surface area (Å²) in [5.74, 6) is 0.599. The average Bonchev–Trinajstić information content (AvgIpc) is 2.15. The van der Waals surface area contributed by atoms with Gasteiger partial charge in [0.25, 0.3) is 0 Å². The summed E-state index contributed by atoms with van der Waals surface area (Å²) < 4.78 is 10.9. The van der Waals surface area contributed by atoms with Gasteiger partial charge in [0.2, 0.25) is 0 Å². The van der Waals surface area contributed by atoms with E-state index in [1.54, 1.807) is 7.11 Å². The first-order chi connectivity index (χ1) is 6.58. The van der Waals surface area contributed by atoms with Crippen LogP contribution in [0.15, 0.2) is 0 Å². The molecule has 2 atom stereocenters. The maximum absolute atomic E-state index is 5.49. The van der Waals surface area contributed by atoms with Gasteiger partial charge in [0.15, 0.2) is 0 Å². The highest BCUT2D eigenvalue weighted by atomic mass is 28.4. The van der Waals surface area contributed by atoms with Crippen molar-refractivity contribution in [3.8, 4) is 0 Å². The highest BCUT2D eigenvalue weighted by Gasteiger charge is 2.31. The highest BCUT2D eigenvalue weighted by Crippen LogP contribution is 2.21. The van der Waals surface area contributed by atoms with Crippen molar-refractivity contribution in [1.29, 1.82) is 0 Å². The van der Waals surface area contributed by atoms with Crippen LogP contribution in [0.3, 0.4) is 0 Å². The fourth-order valence-corrected chi connectivity index (χ4v) is 3.80. The van der Waals surface area contributed by atoms with Gasteiger partial charge in [-0.2, -0.15) is 0 Å². The lowest BCUT2D eigenvalue weighted by Gasteiger charge is -2.27. The first kappa shape index (κ1) is 14.1. The molecule has 0 bridgehead atoms. The van der Waals surface area contributed by atoms with Crippen LogP contribution >= 0.6 is 0 Å². The molecule has 0 rings (SSSR count). The van der Waals surface area contributed by atoms with Gasteiger partial charge in [-0.05, 0) is 37.9 Å². The average molecular weight is 220 g/mol. The third-order valence-electron chi connectivity index (χ3n) is 2.44. The van der Waals surface area contributed by atoms with Crippen molar-refractivity contribution in [1.82, 2.24) is 0 Å². The van der Waals surface area contributed by atoms with Crippen molar-refractivity contribution in [3.05, 3.63) is 0 Å². The lowest BCUT2D eigenvalue weighted by molar-refractivity contribution is 0.204. The van der Waals surface area contributed by atoms with Crippen molar-refractivity contribution in [2.24, 2.45) is 17.4 Å². The molecule has 0 saturated carbocycles. The van der Waals surface area contributed by atoms with E-state index < -0.39 is 8.56 Å². The normalized spacial score (nSPS) is 17.8. The molecule has 2 unspecified atom stereocenters. The van der Waals surface area contributed by atoms with Gasteiger partial charge in [0.05, 0.1) is 6.73 Å². The predicted octanol–water partition coefficient (Wildman–Crippen LogP) is 1.01. The van der Waals surface area contributed by atoms with E-state index in [-0.39, 0.29) is 6.73 Å². The zero-order chi connectivity index (χ0) is 11.0. The summed E-state index contributed by atoms with van der Waals surface area (Å²) in [6.45, 7) is 5.27. The maximum atomic E-state index is 5.49. The van der Waals surface area contributed by atoms with Gasteiger partial charge in [-0.25, -0.2) is 0 Å². The van der Waals surface area contributed by atoms with Gasteiger partial charge in [-0.1, -0.05) is 6.92 Å². The molecule has 4 N–H and O–H groups in total. The highest BCUT2D eigenvalue weighted by molar-refractivity contribution is 6.66. The molecule has 86 valence electrons. The quantitative estimate of drug-likeness (QED) is 0.473. The van der Waals surface area contributed by atoms with Crippen molar-refractivity contribution in [2.45, 2.75) is 32.4 Å². The molecule has 0 fully saturated rings. The Kier molecular flexibility index (Phi) is 7.39. The molecule has 4 nitrogen and oxygen atoms in total. The fraction of sp³-hybridized carbons (Fsp3) is 1.00. The minimum atomic E-state index is -2.00. The Hall–Kier alpha value is 0.0569. The Labute approximate surface area is 88.2 Å². The second-order valence-corrected chi connectivity index (χ2v) is 7.26. The van der Waals surface area contributed by atoms with Crippen LogP contribution in [0.25, 0.3) is 0 Å². The number of rotatable bonds is 8. The van der Waals surface area contributed by atoms with E-state index in [1.165, 1.54) is 0 Å². The van der Waals surface area contributed by atoms with Crippen molar-refractivity contribution in [2.75, 3.05) is 20.4 Å². The van der Waals surface area contributed by atoms with E-state index in [0.717, 1.165) is 25.4 Å². The SMILES string of the molecule is CO[Si](C)(CC(C)CCCN)OCN. The fourth-order valence-electron chi connectivity index (χ4n) is 1.58. The molecule has 0 amide bonds. The smallest absolute Gasteiger partial charge is 0.335 e. The van der Waals surface area contributed by atoms with Gasteiger partial charge in [-0.15, -0.1) is 0 Å². The second-order valence-electron chi connectivity index (χ2n) is 3.89. The van der Waals surface area contributed by atoms with Gasteiger partial charge in [0.1, 0.15) is 0 Å². The monoisotopic (exact) mass is 220 g/mol. The first-order valence-electron chi connectivity index (χ1n) is 5.17. The lowest BCUT2D eigenvalue weighted by Crippen LogP contribution is -2.40. The summed E-state index contributed by atoms with van der Waals surface area (Å²) in [7, 11) is -0.296. The van der Waals surface area contributed by atoms with Crippen LogP contribution in [-0.4, -0.2) is 28.9 Å². The van der Waals surface area contributed by atoms with Crippen molar-refractivity contribution < 1.29 is 8.85 Å². The van der Waals surface area contributed by atoms with Crippen LogP contribution < -0.4 is 11.5 Å². The lowest BCUT2D eigenvalue weighted by atomic mass is 10.1. The molecular weight excluding hydrogens is 196 g/mol. The molecule has 0 aromatic carbocycles. The molecule has 0 aliphatic carbocycles. The van der Waals surface area contributed by atoms with E-state index in [0.29, 0.717) is 5.92 Å². The molecule has 0 radical (unpaired) electrons.